The maximum absolute atomic E-state index is 12.2. The second-order valence-electron chi connectivity index (χ2n) is 6.06. The van der Waals surface area contributed by atoms with Crippen LogP contribution in [-0.2, 0) is 9.59 Å². The molecule has 0 radical (unpaired) electrons. The van der Waals surface area contributed by atoms with Crippen LogP contribution in [-0.4, -0.2) is 52.8 Å². The Balaban J connectivity index is 1.81. The van der Waals surface area contributed by atoms with Crippen molar-refractivity contribution in [3.63, 3.8) is 0 Å². The van der Waals surface area contributed by atoms with Gasteiger partial charge in [0.15, 0.2) is 0 Å². The second-order valence-corrected chi connectivity index (χ2v) is 6.06. The van der Waals surface area contributed by atoms with Crippen LogP contribution in [0.25, 0.3) is 0 Å². The summed E-state index contributed by atoms with van der Waals surface area (Å²) in [5.41, 5.74) is -0.692. The molecule has 0 bridgehead atoms. The van der Waals surface area contributed by atoms with Gasteiger partial charge in [0.05, 0.1) is 4.92 Å². The number of benzene rings is 1. The topological polar surface area (TPSA) is 134 Å². The number of para-hydroxylation sites is 2. The fourth-order valence-electron chi connectivity index (χ4n) is 2.51. The van der Waals surface area contributed by atoms with E-state index in [-0.39, 0.29) is 25.3 Å². The van der Waals surface area contributed by atoms with Crippen molar-refractivity contribution in [3.05, 3.63) is 34.4 Å². The molecule has 140 valence electrons. The first-order valence-electron chi connectivity index (χ1n) is 8.16. The van der Waals surface area contributed by atoms with Gasteiger partial charge in [-0.1, -0.05) is 19.1 Å². The third-order valence-corrected chi connectivity index (χ3v) is 4.22. The van der Waals surface area contributed by atoms with Gasteiger partial charge in [0.1, 0.15) is 17.8 Å². The Hall–Kier alpha value is -3.17. The van der Waals surface area contributed by atoms with E-state index >= 15 is 0 Å². The van der Waals surface area contributed by atoms with Crippen LogP contribution in [0.4, 0.5) is 16.2 Å². The van der Waals surface area contributed by atoms with Crippen LogP contribution >= 0.6 is 0 Å². The molecule has 10 heteroatoms. The van der Waals surface area contributed by atoms with Gasteiger partial charge in [-0.15, -0.1) is 0 Å². The number of hydrogen-bond acceptors (Lipinski definition) is 6. The SMILES string of the molecule is CC[C@]1(C)NC(=O)N(CC(=O)NCCNc2ccccc2[N+](=O)[O-])C1=O. The predicted octanol–water partition coefficient (Wildman–Crippen LogP) is 0.843. The van der Waals surface area contributed by atoms with Crippen molar-refractivity contribution in [1.29, 1.82) is 0 Å². The molecule has 1 heterocycles. The number of amides is 4. The Morgan fingerprint density at radius 1 is 1.31 bits per heavy atom. The average molecular weight is 363 g/mol. The van der Waals surface area contributed by atoms with Crippen molar-refractivity contribution in [3.8, 4) is 0 Å². The summed E-state index contributed by atoms with van der Waals surface area (Å²) in [5, 5.41) is 18.9. The number of urea groups is 1. The van der Waals surface area contributed by atoms with E-state index in [0.717, 1.165) is 4.90 Å². The standard InChI is InChI=1S/C16H21N5O5/c1-3-16(2)14(23)20(15(24)19-16)10-13(22)18-9-8-17-11-6-4-5-7-12(11)21(25)26/h4-7,17H,3,8-10H2,1-2H3,(H,18,22)(H,19,24)/t16-/m0/s1. The molecule has 0 saturated carbocycles. The number of anilines is 1. The minimum Gasteiger partial charge on any atom is -0.378 e. The van der Waals surface area contributed by atoms with E-state index in [1.807, 2.05) is 0 Å². The van der Waals surface area contributed by atoms with Crippen molar-refractivity contribution in [2.75, 3.05) is 25.0 Å². The molecule has 0 spiro atoms. The largest absolute Gasteiger partial charge is 0.378 e. The molecule has 1 aliphatic heterocycles. The Morgan fingerprint density at radius 3 is 2.62 bits per heavy atom. The van der Waals surface area contributed by atoms with Crippen LogP contribution in [0.1, 0.15) is 20.3 Å². The number of nitrogens with one attached hydrogen (secondary N) is 3. The average Bonchev–Trinajstić information content (AvgIpc) is 2.82. The third kappa shape index (κ3) is 4.08. The molecule has 0 aromatic heterocycles. The highest BCUT2D eigenvalue weighted by atomic mass is 16.6. The molecule has 26 heavy (non-hydrogen) atoms. The minimum atomic E-state index is -0.981. The van der Waals surface area contributed by atoms with Crippen molar-refractivity contribution >= 4 is 29.2 Å². The van der Waals surface area contributed by atoms with E-state index in [2.05, 4.69) is 16.0 Å². The molecule has 1 atom stereocenters. The van der Waals surface area contributed by atoms with Gasteiger partial charge in [-0.05, 0) is 19.4 Å². The predicted molar refractivity (Wildman–Crippen MR) is 93.5 cm³/mol. The number of rotatable bonds is 8. The first-order chi connectivity index (χ1) is 12.3. The second kappa shape index (κ2) is 7.81. The number of imide groups is 1. The molecular weight excluding hydrogens is 342 g/mol. The summed E-state index contributed by atoms with van der Waals surface area (Å²) >= 11 is 0. The molecule has 1 aromatic carbocycles. The normalized spacial score (nSPS) is 19.2. The molecule has 1 aromatic rings. The van der Waals surface area contributed by atoms with Crippen LogP contribution in [0.3, 0.4) is 0 Å². The lowest BCUT2D eigenvalue weighted by Gasteiger charge is -2.19. The smallest absolute Gasteiger partial charge is 0.325 e. The van der Waals surface area contributed by atoms with Gasteiger partial charge in [-0.25, -0.2) is 4.79 Å². The molecule has 2 rings (SSSR count). The summed E-state index contributed by atoms with van der Waals surface area (Å²) < 4.78 is 0. The fourth-order valence-corrected chi connectivity index (χ4v) is 2.51. The lowest BCUT2D eigenvalue weighted by molar-refractivity contribution is -0.384. The summed E-state index contributed by atoms with van der Waals surface area (Å²) in [6, 6.07) is 5.58. The molecule has 1 saturated heterocycles. The molecule has 1 aliphatic rings. The van der Waals surface area contributed by atoms with Gasteiger partial charge in [0.25, 0.3) is 11.6 Å². The van der Waals surface area contributed by atoms with Crippen molar-refractivity contribution < 1.29 is 19.3 Å². The van der Waals surface area contributed by atoms with Gasteiger partial charge in [-0.3, -0.25) is 24.6 Å². The van der Waals surface area contributed by atoms with Gasteiger partial charge in [-0.2, -0.15) is 0 Å². The summed E-state index contributed by atoms with van der Waals surface area (Å²) in [7, 11) is 0. The minimum absolute atomic E-state index is 0.0583. The summed E-state index contributed by atoms with van der Waals surface area (Å²) in [4.78, 5) is 47.3. The zero-order chi connectivity index (χ0) is 19.3. The zero-order valence-corrected chi connectivity index (χ0v) is 14.6. The maximum Gasteiger partial charge on any atom is 0.325 e. The molecule has 3 N–H and O–H groups in total. The number of nitro benzene ring substituents is 1. The van der Waals surface area contributed by atoms with E-state index < -0.39 is 28.3 Å². The van der Waals surface area contributed by atoms with Crippen LogP contribution in [0.2, 0.25) is 0 Å². The highest BCUT2D eigenvalue weighted by molar-refractivity contribution is 6.08. The van der Waals surface area contributed by atoms with Crippen LogP contribution in [0.15, 0.2) is 24.3 Å². The summed E-state index contributed by atoms with van der Waals surface area (Å²) in [6.07, 6.45) is 0.426. The Labute approximate surface area is 150 Å². The van der Waals surface area contributed by atoms with Gasteiger partial charge in [0, 0.05) is 19.2 Å². The highest BCUT2D eigenvalue weighted by Gasteiger charge is 2.46. The molecular formula is C16H21N5O5. The quantitative estimate of drug-likeness (QED) is 0.271. The molecule has 0 unspecified atom stereocenters. The lowest BCUT2D eigenvalue weighted by atomic mass is 9.99. The molecule has 10 nitrogen and oxygen atoms in total. The van der Waals surface area contributed by atoms with Gasteiger partial charge >= 0.3 is 6.03 Å². The Morgan fingerprint density at radius 2 is 2.00 bits per heavy atom. The first-order valence-corrected chi connectivity index (χ1v) is 8.16. The fraction of sp³-hybridized carbons (Fsp3) is 0.438. The third-order valence-electron chi connectivity index (χ3n) is 4.22. The van der Waals surface area contributed by atoms with Crippen molar-refractivity contribution in [2.45, 2.75) is 25.8 Å². The highest BCUT2D eigenvalue weighted by Crippen LogP contribution is 2.22. The number of carbonyl (C=O) groups excluding carboxylic acids is 3. The number of hydrogen-bond donors (Lipinski definition) is 3. The van der Waals surface area contributed by atoms with E-state index in [1.54, 1.807) is 32.0 Å². The Kier molecular flexibility index (Phi) is 5.75. The van der Waals surface area contributed by atoms with Crippen molar-refractivity contribution in [2.24, 2.45) is 0 Å². The van der Waals surface area contributed by atoms with Gasteiger partial charge < -0.3 is 16.0 Å². The zero-order valence-electron chi connectivity index (χ0n) is 14.6. The number of carbonyl (C=O) groups is 3. The summed E-state index contributed by atoms with van der Waals surface area (Å²) in [6.45, 7) is 3.45. The van der Waals surface area contributed by atoms with E-state index in [9.17, 15) is 24.5 Å². The number of nitro groups is 1. The molecule has 4 amide bonds. The Bertz CT molecular complexity index is 737. The van der Waals surface area contributed by atoms with Crippen LogP contribution in [0, 0.1) is 10.1 Å². The summed E-state index contributed by atoms with van der Waals surface area (Å²) in [5.74, 6) is -0.920. The maximum atomic E-state index is 12.2. The lowest BCUT2D eigenvalue weighted by Crippen LogP contribution is -2.45. The van der Waals surface area contributed by atoms with E-state index in [4.69, 9.17) is 0 Å². The van der Waals surface area contributed by atoms with Crippen LogP contribution in [0.5, 0.6) is 0 Å². The molecule has 1 fully saturated rings. The molecule has 0 aliphatic carbocycles. The first kappa shape index (κ1) is 19.2. The monoisotopic (exact) mass is 363 g/mol. The van der Waals surface area contributed by atoms with E-state index in [1.165, 1.54) is 6.07 Å². The van der Waals surface area contributed by atoms with E-state index in [0.29, 0.717) is 12.1 Å². The van der Waals surface area contributed by atoms with Crippen LogP contribution < -0.4 is 16.0 Å². The number of nitrogens with zero attached hydrogens (tertiary/aromatic N) is 2. The van der Waals surface area contributed by atoms with Gasteiger partial charge in [0.2, 0.25) is 5.91 Å². The van der Waals surface area contributed by atoms with Crippen molar-refractivity contribution in [1.82, 2.24) is 15.5 Å².